The Morgan fingerprint density at radius 3 is 2.08 bits per heavy atom. The Hall–Kier alpha value is -3.84. The minimum Gasteiger partial charge on any atom is -0.489 e. The Kier molecular flexibility index (Phi) is 10.7. The van der Waals surface area contributed by atoms with Crippen LogP contribution >= 0.6 is 0 Å². The first-order chi connectivity index (χ1) is 18.3. The van der Waals surface area contributed by atoms with Crippen LogP contribution in [0.4, 0.5) is 4.79 Å². The van der Waals surface area contributed by atoms with Crippen LogP contribution in [0.3, 0.4) is 0 Å². The van der Waals surface area contributed by atoms with Crippen molar-refractivity contribution in [3.8, 4) is 5.75 Å². The summed E-state index contributed by atoms with van der Waals surface area (Å²) in [6, 6.07) is 26.2. The number of amides is 1. The van der Waals surface area contributed by atoms with E-state index in [0.29, 0.717) is 13.0 Å². The zero-order valence-electron chi connectivity index (χ0n) is 22.6. The van der Waals surface area contributed by atoms with E-state index in [4.69, 9.17) is 18.9 Å². The van der Waals surface area contributed by atoms with Crippen molar-refractivity contribution in [1.82, 2.24) is 4.90 Å². The van der Waals surface area contributed by atoms with E-state index in [9.17, 15) is 9.59 Å². The van der Waals surface area contributed by atoms with Crippen LogP contribution in [0.5, 0.6) is 5.75 Å². The van der Waals surface area contributed by atoms with E-state index in [1.54, 1.807) is 20.8 Å². The molecule has 0 radical (unpaired) electrons. The Bertz CT molecular complexity index is 1140. The lowest BCUT2D eigenvalue weighted by molar-refractivity contribution is -0.151. The third-order valence-corrected chi connectivity index (χ3v) is 5.64. The fraction of sp³-hybridized carbons (Fsp3) is 0.355. The van der Waals surface area contributed by atoms with Crippen molar-refractivity contribution in [2.45, 2.75) is 51.9 Å². The maximum atomic E-state index is 13.4. The Morgan fingerprint density at radius 1 is 0.842 bits per heavy atom. The zero-order chi connectivity index (χ0) is 27.4. The third kappa shape index (κ3) is 9.23. The predicted molar refractivity (Wildman–Crippen MR) is 146 cm³/mol. The van der Waals surface area contributed by atoms with Crippen LogP contribution < -0.4 is 4.74 Å². The highest BCUT2D eigenvalue weighted by Crippen LogP contribution is 2.21. The van der Waals surface area contributed by atoms with E-state index in [0.717, 1.165) is 22.4 Å². The average Bonchev–Trinajstić information content (AvgIpc) is 2.90. The molecule has 0 N–H and O–H groups in total. The molecule has 3 aromatic carbocycles. The Morgan fingerprint density at radius 2 is 1.45 bits per heavy atom. The van der Waals surface area contributed by atoms with Crippen LogP contribution in [-0.4, -0.2) is 49.1 Å². The molecule has 0 spiro atoms. The second-order valence-electron chi connectivity index (χ2n) is 9.87. The lowest BCUT2D eigenvalue weighted by Crippen LogP contribution is -2.49. The van der Waals surface area contributed by atoms with Crippen LogP contribution in [-0.2, 0) is 38.5 Å². The molecule has 7 nitrogen and oxygen atoms in total. The molecule has 0 aliphatic rings. The van der Waals surface area contributed by atoms with Gasteiger partial charge in [0.2, 0.25) is 0 Å². The molecular formula is C31H37NO6. The number of hydrogen-bond acceptors (Lipinski definition) is 6. The van der Waals surface area contributed by atoms with E-state index in [-0.39, 0.29) is 19.8 Å². The molecule has 3 aromatic rings. The van der Waals surface area contributed by atoms with Crippen molar-refractivity contribution in [2.24, 2.45) is 0 Å². The van der Waals surface area contributed by atoms with Crippen LogP contribution in [0.25, 0.3) is 0 Å². The number of ether oxygens (including phenoxy) is 4. The normalized spacial score (nSPS) is 11.9. The van der Waals surface area contributed by atoms with Crippen molar-refractivity contribution >= 4 is 12.1 Å². The van der Waals surface area contributed by atoms with E-state index in [2.05, 4.69) is 0 Å². The molecule has 1 amide bonds. The number of esters is 1. The van der Waals surface area contributed by atoms with E-state index in [1.807, 2.05) is 84.9 Å². The van der Waals surface area contributed by atoms with Crippen molar-refractivity contribution in [2.75, 3.05) is 20.4 Å². The fourth-order valence-electron chi connectivity index (χ4n) is 3.83. The minimum absolute atomic E-state index is 0.113. The number of carbonyl (C=O) groups excluding carboxylic acids is 2. The summed E-state index contributed by atoms with van der Waals surface area (Å²) in [5, 5.41) is 0. The van der Waals surface area contributed by atoms with Gasteiger partial charge in [0.1, 0.15) is 30.7 Å². The van der Waals surface area contributed by atoms with Gasteiger partial charge < -0.3 is 18.9 Å². The number of rotatable bonds is 12. The quantitative estimate of drug-likeness (QED) is 0.222. The molecule has 0 heterocycles. The summed E-state index contributed by atoms with van der Waals surface area (Å²) in [6.45, 7) is 5.79. The molecule has 0 saturated carbocycles. The number of nitrogens with zero attached hydrogens (tertiary/aromatic N) is 1. The monoisotopic (exact) mass is 519 g/mol. The number of para-hydroxylation sites is 1. The molecule has 0 unspecified atom stereocenters. The largest absolute Gasteiger partial charge is 0.489 e. The topological polar surface area (TPSA) is 74.3 Å². The van der Waals surface area contributed by atoms with Gasteiger partial charge in [-0.3, -0.25) is 4.90 Å². The summed E-state index contributed by atoms with van der Waals surface area (Å²) in [7, 11) is 1.47. The predicted octanol–water partition coefficient (Wildman–Crippen LogP) is 5.80. The highest BCUT2D eigenvalue weighted by Gasteiger charge is 2.34. The maximum absolute atomic E-state index is 13.4. The van der Waals surface area contributed by atoms with Gasteiger partial charge in [-0.25, -0.2) is 9.59 Å². The summed E-state index contributed by atoms with van der Waals surface area (Å²) in [4.78, 5) is 27.6. The second kappa shape index (κ2) is 14.2. The first-order valence-corrected chi connectivity index (χ1v) is 12.7. The number of carbonyl (C=O) groups is 2. The molecule has 0 saturated heterocycles. The molecule has 0 bridgehead atoms. The summed E-state index contributed by atoms with van der Waals surface area (Å²) in [6.07, 6.45) is 0.0849. The van der Waals surface area contributed by atoms with E-state index in [1.165, 1.54) is 12.0 Å². The standard InChI is InChI=1S/C31H37NO6/c1-31(2,3)38-30(34)32(23-35-4)27(21-24-13-7-5-8-14-24)29(33)36-20-19-26-17-11-12-18-28(26)37-22-25-15-9-6-10-16-25/h5-18,27H,19-23H2,1-4H3/t27-/m0/s1. The van der Waals surface area contributed by atoms with Crippen molar-refractivity contribution in [3.05, 3.63) is 102 Å². The number of hydrogen-bond donors (Lipinski definition) is 0. The van der Waals surface area contributed by atoms with Crippen LogP contribution in [0.15, 0.2) is 84.9 Å². The van der Waals surface area contributed by atoms with Gasteiger partial charge in [-0.15, -0.1) is 0 Å². The number of benzene rings is 3. The lowest BCUT2D eigenvalue weighted by atomic mass is 10.1. The summed E-state index contributed by atoms with van der Waals surface area (Å²) in [5.41, 5.74) is 2.15. The summed E-state index contributed by atoms with van der Waals surface area (Å²) in [5.74, 6) is 0.211. The third-order valence-electron chi connectivity index (χ3n) is 5.64. The van der Waals surface area contributed by atoms with Gasteiger partial charge in [0, 0.05) is 20.0 Å². The minimum atomic E-state index is -0.920. The van der Waals surface area contributed by atoms with Crippen LogP contribution in [0, 0.1) is 0 Å². The van der Waals surface area contributed by atoms with Gasteiger partial charge in [0.15, 0.2) is 0 Å². The first-order valence-electron chi connectivity index (χ1n) is 12.7. The summed E-state index contributed by atoms with van der Waals surface area (Å²) < 4.78 is 22.6. The zero-order valence-corrected chi connectivity index (χ0v) is 22.6. The van der Waals surface area contributed by atoms with Crippen molar-refractivity contribution in [3.63, 3.8) is 0 Å². The van der Waals surface area contributed by atoms with Gasteiger partial charge in [-0.2, -0.15) is 0 Å². The van der Waals surface area contributed by atoms with Gasteiger partial charge >= 0.3 is 12.1 Å². The molecular weight excluding hydrogens is 482 g/mol. The highest BCUT2D eigenvalue weighted by atomic mass is 16.6. The molecule has 7 heteroatoms. The van der Waals surface area contributed by atoms with Crippen molar-refractivity contribution < 1.29 is 28.5 Å². The van der Waals surface area contributed by atoms with Gasteiger partial charge in [0.05, 0.1) is 6.61 Å². The summed E-state index contributed by atoms with van der Waals surface area (Å²) >= 11 is 0. The van der Waals surface area contributed by atoms with E-state index < -0.39 is 23.7 Å². The SMILES string of the molecule is COCN(C(=O)OC(C)(C)C)[C@@H](Cc1ccccc1)C(=O)OCCc1ccccc1OCc1ccccc1. The maximum Gasteiger partial charge on any atom is 0.412 e. The molecule has 0 aromatic heterocycles. The van der Waals surface area contributed by atoms with E-state index >= 15 is 0 Å². The van der Waals surface area contributed by atoms with Gasteiger partial charge in [0.25, 0.3) is 0 Å². The smallest absolute Gasteiger partial charge is 0.412 e. The number of methoxy groups -OCH3 is 1. The van der Waals surface area contributed by atoms with Crippen LogP contribution in [0.1, 0.15) is 37.5 Å². The van der Waals surface area contributed by atoms with Gasteiger partial charge in [-0.05, 0) is 43.5 Å². The lowest BCUT2D eigenvalue weighted by Gasteiger charge is -2.31. The molecule has 0 aliphatic carbocycles. The fourth-order valence-corrected chi connectivity index (χ4v) is 3.83. The molecule has 1 atom stereocenters. The second-order valence-corrected chi connectivity index (χ2v) is 9.87. The van der Waals surface area contributed by atoms with Gasteiger partial charge in [-0.1, -0.05) is 78.9 Å². The highest BCUT2D eigenvalue weighted by molar-refractivity contribution is 5.82. The van der Waals surface area contributed by atoms with Crippen LogP contribution in [0.2, 0.25) is 0 Å². The molecule has 0 fully saturated rings. The first kappa shape index (κ1) is 28.7. The average molecular weight is 520 g/mol. The van der Waals surface area contributed by atoms with Crippen molar-refractivity contribution in [1.29, 1.82) is 0 Å². The molecule has 202 valence electrons. The Labute approximate surface area is 225 Å². The molecule has 0 aliphatic heterocycles. The molecule has 3 rings (SSSR count). The Balaban J connectivity index is 1.69. The molecule has 38 heavy (non-hydrogen) atoms.